The first-order valence-corrected chi connectivity index (χ1v) is 5.84. The molecule has 2 rings (SSSR count). The Morgan fingerprint density at radius 3 is 2.47 bits per heavy atom. The maximum Gasteiger partial charge on any atom is 0.269 e. The Morgan fingerprint density at radius 1 is 1.21 bits per heavy atom. The van der Waals surface area contributed by atoms with Gasteiger partial charge in [-0.2, -0.15) is 0 Å². The average Bonchev–Trinajstić information content (AvgIpc) is 2.36. The zero-order valence-corrected chi connectivity index (χ0v) is 10.8. The zero-order chi connectivity index (χ0) is 13.8. The fourth-order valence-corrected chi connectivity index (χ4v) is 1.74. The molecule has 0 radical (unpaired) electrons. The molecule has 0 aliphatic carbocycles. The minimum absolute atomic E-state index is 0.0949. The van der Waals surface area contributed by atoms with Crippen LogP contribution in [0.15, 0.2) is 30.3 Å². The van der Waals surface area contributed by atoms with Crippen LogP contribution in [-0.4, -0.2) is 14.9 Å². The highest BCUT2D eigenvalue weighted by Crippen LogP contribution is 2.13. The molecule has 1 N–H and O–H groups in total. The van der Waals surface area contributed by atoms with E-state index >= 15 is 0 Å². The van der Waals surface area contributed by atoms with Gasteiger partial charge in [0.2, 0.25) is 0 Å². The van der Waals surface area contributed by atoms with Gasteiger partial charge in [0.25, 0.3) is 5.69 Å². The lowest BCUT2D eigenvalue weighted by Gasteiger charge is -2.07. The molecular formula is C13H14N4O2. The van der Waals surface area contributed by atoms with Crippen molar-refractivity contribution in [2.24, 2.45) is 0 Å². The second-order valence-corrected chi connectivity index (χ2v) is 4.22. The van der Waals surface area contributed by atoms with Crippen LogP contribution < -0.4 is 5.32 Å². The normalized spacial score (nSPS) is 10.2. The minimum atomic E-state index is -0.408. The number of rotatable bonds is 4. The summed E-state index contributed by atoms with van der Waals surface area (Å²) in [5.41, 5.74) is 1.95. The van der Waals surface area contributed by atoms with Gasteiger partial charge in [-0.3, -0.25) is 10.1 Å². The van der Waals surface area contributed by atoms with Crippen LogP contribution in [0.1, 0.15) is 17.1 Å². The number of hydrogen-bond acceptors (Lipinski definition) is 5. The molecule has 2 aromatic rings. The Bertz CT molecular complexity index is 576. The summed E-state index contributed by atoms with van der Waals surface area (Å²) >= 11 is 0. The van der Waals surface area contributed by atoms with Crippen molar-refractivity contribution in [1.29, 1.82) is 0 Å². The molecular weight excluding hydrogens is 244 g/mol. The SMILES string of the molecule is Cc1cc(NCc2ccc([N+](=O)[O-])cc2)nc(C)n1. The number of hydrogen-bond donors (Lipinski definition) is 1. The summed E-state index contributed by atoms with van der Waals surface area (Å²) in [6.07, 6.45) is 0. The van der Waals surface area contributed by atoms with Crippen LogP contribution in [0.25, 0.3) is 0 Å². The monoisotopic (exact) mass is 258 g/mol. The molecule has 6 heteroatoms. The smallest absolute Gasteiger partial charge is 0.269 e. The molecule has 19 heavy (non-hydrogen) atoms. The maximum absolute atomic E-state index is 10.5. The molecule has 0 bridgehead atoms. The van der Waals surface area contributed by atoms with E-state index in [1.54, 1.807) is 12.1 Å². The van der Waals surface area contributed by atoms with Gasteiger partial charge in [-0.25, -0.2) is 9.97 Å². The van der Waals surface area contributed by atoms with Gasteiger partial charge in [-0.05, 0) is 19.4 Å². The van der Waals surface area contributed by atoms with Crippen LogP contribution in [0, 0.1) is 24.0 Å². The van der Waals surface area contributed by atoms with Crippen LogP contribution in [0.3, 0.4) is 0 Å². The lowest BCUT2D eigenvalue weighted by molar-refractivity contribution is -0.384. The number of benzene rings is 1. The number of nitro groups is 1. The van der Waals surface area contributed by atoms with E-state index in [2.05, 4.69) is 15.3 Å². The van der Waals surface area contributed by atoms with E-state index in [4.69, 9.17) is 0 Å². The number of anilines is 1. The van der Waals surface area contributed by atoms with Gasteiger partial charge in [0.1, 0.15) is 11.6 Å². The Labute approximate surface area is 110 Å². The molecule has 0 saturated carbocycles. The fourth-order valence-electron chi connectivity index (χ4n) is 1.74. The molecule has 6 nitrogen and oxygen atoms in total. The van der Waals surface area contributed by atoms with Gasteiger partial charge in [0, 0.05) is 30.4 Å². The Hall–Kier alpha value is -2.50. The fraction of sp³-hybridized carbons (Fsp3) is 0.231. The number of non-ortho nitro benzene ring substituents is 1. The predicted molar refractivity (Wildman–Crippen MR) is 71.9 cm³/mol. The molecule has 0 fully saturated rings. The summed E-state index contributed by atoms with van der Waals surface area (Å²) in [7, 11) is 0. The van der Waals surface area contributed by atoms with E-state index in [1.807, 2.05) is 19.9 Å². The molecule has 0 aliphatic heterocycles. The van der Waals surface area contributed by atoms with Gasteiger partial charge in [0.15, 0.2) is 0 Å². The third-order valence-electron chi connectivity index (χ3n) is 2.59. The first-order valence-electron chi connectivity index (χ1n) is 5.84. The van der Waals surface area contributed by atoms with Gasteiger partial charge >= 0.3 is 0 Å². The van der Waals surface area contributed by atoms with E-state index in [0.29, 0.717) is 12.4 Å². The first kappa shape index (κ1) is 12.9. The summed E-state index contributed by atoms with van der Waals surface area (Å²) in [5.74, 6) is 1.47. The maximum atomic E-state index is 10.5. The van der Waals surface area contributed by atoms with Crippen molar-refractivity contribution in [3.8, 4) is 0 Å². The molecule has 0 atom stereocenters. The lowest BCUT2D eigenvalue weighted by atomic mass is 10.2. The topological polar surface area (TPSA) is 81.0 Å². The number of nitrogens with zero attached hydrogens (tertiary/aromatic N) is 3. The predicted octanol–water partition coefficient (Wildman–Crippen LogP) is 2.61. The highest BCUT2D eigenvalue weighted by atomic mass is 16.6. The van der Waals surface area contributed by atoms with E-state index < -0.39 is 4.92 Å². The highest BCUT2D eigenvalue weighted by Gasteiger charge is 2.04. The second-order valence-electron chi connectivity index (χ2n) is 4.22. The van der Waals surface area contributed by atoms with E-state index in [9.17, 15) is 10.1 Å². The molecule has 0 saturated heterocycles. The van der Waals surface area contributed by atoms with Crippen molar-refractivity contribution in [1.82, 2.24) is 9.97 Å². The van der Waals surface area contributed by atoms with Crippen molar-refractivity contribution in [2.75, 3.05) is 5.32 Å². The second kappa shape index (κ2) is 5.43. The van der Waals surface area contributed by atoms with E-state index in [-0.39, 0.29) is 5.69 Å². The zero-order valence-electron chi connectivity index (χ0n) is 10.8. The third kappa shape index (κ3) is 3.48. The summed E-state index contributed by atoms with van der Waals surface area (Å²) in [6.45, 7) is 4.31. The standard InChI is InChI=1S/C13H14N4O2/c1-9-7-13(16-10(2)15-9)14-8-11-3-5-12(6-4-11)17(18)19/h3-7H,8H2,1-2H3,(H,14,15,16). The van der Waals surface area contributed by atoms with Gasteiger partial charge < -0.3 is 5.32 Å². The largest absolute Gasteiger partial charge is 0.366 e. The Morgan fingerprint density at radius 2 is 1.89 bits per heavy atom. The molecule has 0 spiro atoms. The van der Waals surface area contributed by atoms with Crippen LogP contribution in [0.4, 0.5) is 11.5 Å². The summed E-state index contributed by atoms with van der Waals surface area (Å²) in [5, 5.41) is 13.7. The van der Waals surface area contributed by atoms with Crippen molar-refractivity contribution in [3.63, 3.8) is 0 Å². The summed E-state index contributed by atoms with van der Waals surface area (Å²) < 4.78 is 0. The quantitative estimate of drug-likeness (QED) is 0.673. The minimum Gasteiger partial charge on any atom is -0.366 e. The summed E-state index contributed by atoms with van der Waals surface area (Å²) in [6, 6.07) is 8.30. The molecule has 1 aromatic heterocycles. The van der Waals surface area contributed by atoms with Crippen molar-refractivity contribution in [2.45, 2.75) is 20.4 Å². The number of aryl methyl sites for hydroxylation is 2. The molecule has 98 valence electrons. The molecule has 1 heterocycles. The number of nitro benzene ring substituents is 1. The van der Waals surface area contributed by atoms with Crippen LogP contribution in [0.2, 0.25) is 0 Å². The first-order chi connectivity index (χ1) is 9.04. The Kier molecular flexibility index (Phi) is 3.70. The molecule has 1 aromatic carbocycles. The van der Waals surface area contributed by atoms with Gasteiger partial charge in [0.05, 0.1) is 4.92 Å². The van der Waals surface area contributed by atoms with Crippen LogP contribution in [0.5, 0.6) is 0 Å². The van der Waals surface area contributed by atoms with E-state index in [0.717, 1.165) is 17.1 Å². The summed E-state index contributed by atoms with van der Waals surface area (Å²) in [4.78, 5) is 18.6. The van der Waals surface area contributed by atoms with Gasteiger partial charge in [-0.1, -0.05) is 12.1 Å². The molecule has 0 aliphatic rings. The third-order valence-corrected chi connectivity index (χ3v) is 2.59. The molecule has 0 amide bonds. The Balaban J connectivity index is 2.03. The van der Waals surface area contributed by atoms with Crippen LogP contribution in [-0.2, 0) is 6.54 Å². The molecule has 0 unspecified atom stereocenters. The van der Waals surface area contributed by atoms with Crippen molar-refractivity contribution in [3.05, 3.63) is 57.5 Å². The van der Waals surface area contributed by atoms with Crippen molar-refractivity contribution >= 4 is 11.5 Å². The lowest BCUT2D eigenvalue weighted by Crippen LogP contribution is -2.04. The van der Waals surface area contributed by atoms with Crippen LogP contribution >= 0.6 is 0 Å². The van der Waals surface area contributed by atoms with Gasteiger partial charge in [-0.15, -0.1) is 0 Å². The average molecular weight is 258 g/mol. The number of aromatic nitrogens is 2. The number of nitrogens with one attached hydrogen (secondary N) is 1. The highest BCUT2D eigenvalue weighted by molar-refractivity contribution is 5.38. The van der Waals surface area contributed by atoms with Crippen molar-refractivity contribution < 1.29 is 4.92 Å². The van der Waals surface area contributed by atoms with E-state index in [1.165, 1.54) is 12.1 Å².